The summed E-state index contributed by atoms with van der Waals surface area (Å²) in [6.07, 6.45) is 3.04. The zero-order valence-corrected chi connectivity index (χ0v) is 13.1. The van der Waals surface area contributed by atoms with E-state index in [2.05, 4.69) is 58.8 Å². The maximum absolute atomic E-state index is 5.49. The Morgan fingerprint density at radius 3 is 2.68 bits per heavy atom. The van der Waals surface area contributed by atoms with Crippen LogP contribution >= 0.6 is 0 Å². The van der Waals surface area contributed by atoms with Crippen LogP contribution < -0.4 is 10.1 Å². The largest absolute Gasteiger partial charge is 0.497 e. The summed E-state index contributed by atoms with van der Waals surface area (Å²) >= 11 is 0. The van der Waals surface area contributed by atoms with E-state index in [1.165, 1.54) is 22.0 Å². The van der Waals surface area contributed by atoms with E-state index < -0.39 is 0 Å². The Morgan fingerprint density at radius 1 is 1.14 bits per heavy atom. The minimum atomic E-state index is 0.338. The van der Waals surface area contributed by atoms with Gasteiger partial charge in [-0.2, -0.15) is 0 Å². The molecule has 3 aromatic rings. The second kappa shape index (κ2) is 6.67. The molecule has 1 unspecified atom stereocenters. The van der Waals surface area contributed by atoms with E-state index >= 15 is 0 Å². The number of benzene rings is 2. The number of hydrogen-bond donors (Lipinski definition) is 2. The van der Waals surface area contributed by atoms with Gasteiger partial charge < -0.3 is 15.0 Å². The summed E-state index contributed by atoms with van der Waals surface area (Å²) in [5.41, 5.74) is 3.83. The van der Waals surface area contributed by atoms with E-state index in [1.54, 1.807) is 7.11 Å². The molecular formula is C19H22N2O. The topological polar surface area (TPSA) is 37.0 Å². The number of methoxy groups -OCH3 is 1. The van der Waals surface area contributed by atoms with Gasteiger partial charge in [-0.3, -0.25) is 0 Å². The Morgan fingerprint density at radius 2 is 1.95 bits per heavy atom. The fraction of sp³-hybridized carbons (Fsp3) is 0.263. The van der Waals surface area contributed by atoms with Crippen LogP contribution in [0.3, 0.4) is 0 Å². The Bertz CT molecular complexity index is 734. The third-order valence-corrected chi connectivity index (χ3v) is 4.16. The van der Waals surface area contributed by atoms with E-state index in [1.807, 2.05) is 13.2 Å². The summed E-state index contributed by atoms with van der Waals surface area (Å²) < 4.78 is 5.49. The second-order valence-corrected chi connectivity index (χ2v) is 5.51. The normalized spacial score (nSPS) is 12.5. The number of H-pyrrole nitrogens is 1. The van der Waals surface area contributed by atoms with Crippen LogP contribution in [-0.4, -0.2) is 25.7 Å². The van der Waals surface area contributed by atoms with E-state index in [-0.39, 0.29) is 0 Å². The number of ether oxygens (including phenoxy) is 1. The SMILES string of the molecule is CNCCC(c1ccccc1)c1cc(OC)cc2cc[nH]c12. The minimum absolute atomic E-state index is 0.338. The Hall–Kier alpha value is -2.26. The summed E-state index contributed by atoms with van der Waals surface area (Å²) in [6, 6.07) is 17.0. The molecular weight excluding hydrogens is 272 g/mol. The molecule has 1 heterocycles. The van der Waals surface area contributed by atoms with Gasteiger partial charge in [-0.25, -0.2) is 0 Å². The van der Waals surface area contributed by atoms with E-state index in [9.17, 15) is 0 Å². The van der Waals surface area contributed by atoms with Crippen LogP contribution in [0.15, 0.2) is 54.7 Å². The van der Waals surface area contributed by atoms with Crippen LogP contribution in [0.4, 0.5) is 0 Å². The maximum Gasteiger partial charge on any atom is 0.119 e. The van der Waals surface area contributed by atoms with E-state index in [0.29, 0.717) is 5.92 Å². The summed E-state index contributed by atoms with van der Waals surface area (Å²) in [5.74, 6) is 1.25. The van der Waals surface area contributed by atoms with Crippen LogP contribution in [0.1, 0.15) is 23.5 Å². The summed E-state index contributed by atoms with van der Waals surface area (Å²) in [7, 11) is 3.72. The molecule has 0 aliphatic carbocycles. The van der Waals surface area contributed by atoms with Crippen LogP contribution in [0.5, 0.6) is 5.75 Å². The van der Waals surface area contributed by atoms with Crippen molar-refractivity contribution in [2.75, 3.05) is 20.7 Å². The van der Waals surface area contributed by atoms with Crippen LogP contribution in [-0.2, 0) is 0 Å². The Kier molecular flexibility index (Phi) is 4.45. The number of nitrogens with one attached hydrogen (secondary N) is 2. The van der Waals surface area contributed by atoms with Gasteiger partial charge in [0, 0.05) is 23.0 Å². The van der Waals surface area contributed by atoms with Gasteiger partial charge >= 0.3 is 0 Å². The zero-order valence-electron chi connectivity index (χ0n) is 13.1. The maximum atomic E-state index is 5.49. The quantitative estimate of drug-likeness (QED) is 0.723. The van der Waals surface area contributed by atoms with Gasteiger partial charge in [0.25, 0.3) is 0 Å². The fourth-order valence-corrected chi connectivity index (χ4v) is 3.04. The molecule has 2 aromatic carbocycles. The molecule has 114 valence electrons. The van der Waals surface area contributed by atoms with Gasteiger partial charge in [-0.15, -0.1) is 0 Å². The van der Waals surface area contributed by atoms with Crippen LogP contribution in [0, 0.1) is 0 Å². The van der Waals surface area contributed by atoms with E-state index in [0.717, 1.165) is 18.7 Å². The van der Waals surface area contributed by atoms with Crippen molar-refractivity contribution < 1.29 is 4.74 Å². The average molecular weight is 294 g/mol. The number of aromatic amines is 1. The average Bonchev–Trinajstić information content (AvgIpc) is 3.04. The van der Waals surface area contributed by atoms with Gasteiger partial charge in [-0.1, -0.05) is 30.3 Å². The summed E-state index contributed by atoms with van der Waals surface area (Å²) in [6.45, 7) is 0.971. The Labute approximate surface area is 131 Å². The molecule has 0 bridgehead atoms. The standard InChI is InChI=1S/C19H22N2O/c1-20-10-9-17(14-6-4-3-5-7-14)18-13-16(22-2)12-15-8-11-21-19(15)18/h3-8,11-13,17,20-21H,9-10H2,1-2H3. The summed E-state index contributed by atoms with van der Waals surface area (Å²) in [4.78, 5) is 3.39. The minimum Gasteiger partial charge on any atom is -0.497 e. The number of rotatable bonds is 6. The number of hydrogen-bond acceptors (Lipinski definition) is 2. The first-order valence-electron chi connectivity index (χ1n) is 7.68. The van der Waals surface area contributed by atoms with Gasteiger partial charge in [0.2, 0.25) is 0 Å². The van der Waals surface area contributed by atoms with Gasteiger partial charge in [-0.05, 0) is 49.3 Å². The van der Waals surface area contributed by atoms with Crippen molar-refractivity contribution in [2.45, 2.75) is 12.3 Å². The van der Waals surface area contributed by atoms with Crippen molar-refractivity contribution in [3.8, 4) is 5.75 Å². The molecule has 3 nitrogen and oxygen atoms in total. The highest BCUT2D eigenvalue weighted by molar-refractivity contribution is 5.85. The molecule has 2 N–H and O–H groups in total. The molecule has 0 aliphatic heterocycles. The highest BCUT2D eigenvalue weighted by Crippen LogP contribution is 2.35. The van der Waals surface area contributed by atoms with Crippen molar-refractivity contribution in [1.82, 2.24) is 10.3 Å². The van der Waals surface area contributed by atoms with Crippen molar-refractivity contribution >= 4 is 10.9 Å². The smallest absolute Gasteiger partial charge is 0.119 e. The molecule has 3 heteroatoms. The zero-order chi connectivity index (χ0) is 15.4. The third-order valence-electron chi connectivity index (χ3n) is 4.16. The molecule has 1 aromatic heterocycles. The second-order valence-electron chi connectivity index (χ2n) is 5.51. The molecule has 3 rings (SSSR count). The lowest BCUT2D eigenvalue weighted by atomic mass is 9.87. The van der Waals surface area contributed by atoms with Crippen molar-refractivity contribution in [3.63, 3.8) is 0 Å². The van der Waals surface area contributed by atoms with Crippen molar-refractivity contribution in [2.24, 2.45) is 0 Å². The van der Waals surface area contributed by atoms with E-state index in [4.69, 9.17) is 4.74 Å². The first-order chi connectivity index (χ1) is 10.8. The molecule has 0 spiro atoms. The van der Waals surface area contributed by atoms with Crippen LogP contribution in [0.2, 0.25) is 0 Å². The molecule has 0 aliphatic rings. The number of aromatic nitrogens is 1. The first-order valence-corrected chi connectivity index (χ1v) is 7.68. The lowest BCUT2D eigenvalue weighted by Gasteiger charge is -2.20. The molecule has 0 saturated carbocycles. The van der Waals surface area contributed by atoms with Gasteiger partial charge in [0.05, 0.1) is 7.11 Å². The molecule has 0 radical (unpaired) electrons. The van der Waals surface area contributed by atoms with Gasteiger partial charge in [0.15, 0.2) is 0 Å². The van der Waals surface area contributed by atoms with Crippen molar-refractivity contribution in [3.05, 3.63) is 65.9 Å². The van der Waals surface area contributed by atoms with Crippen LogP contribution in [0.25, 0.3) is 10.9 Å². The third kappa shape index (κ3) is 2.85. The predicted octanol–water partition coefficient (Wildman–Crippen LogP) is 3.92. The molecule has 0 amide bonds. The lowest BCUT2D eigenvalue weighted by molar-refractivity contribution is 0.414. The van der Waals surface area contributed by atoms with Gasteiger partial charge in [0.1, 0.15) is 5.75 Å². The van der Waals surface area contributed by atoms with Crippen molar-refractivity contribution in [1.29, 1.82) is 0 Å². The molecule has 0 saturated heterocycles. The fourth-order valence-electron chi connectivity index (χ4n) is 3.04. The molecule has 0 fully saturated rings. The summed E-state index contributed by atoms with van der Waals surface area (Å²) in [5, 5.41) is 4.46. The molecule has 22 heavy (non-hydrogen) atoms. The lowest BCUT2D eigenvalue weighted by Crippen LogP contribution is -2.13. The highest BCUT2D eigenvalue weighted by atomic mass is 16.5. The predicted molar refractivity (Wildman–Crippen MR) is 91.7 cm³/mol. The Balaban J connectivity index is 2.12. The highest BCUT2D eigenvalue weighted by Gasteiger charge is 2.18. The monoisotopic (exact) mass is 294 g/mol. The number of fused-ring (bicyclic) bond motifs is 1. The molecule has 1 atom stereocenters. The first kappa shape index (κ1) is 14.7.